The van der Waals surface area contributed by atoms with Crippen LogP contribution in [-0.4, -0.2) is 46.1 Å². The number of piperazine rings is 1. The molecule has 0 radical (unpaired) electrons. The van der Waals surface area contributed by atoms with Crippen molar-refractivity contribution in [3.63, 3.8) is 0 Å². The van der Waals surface area contributed by atoms with Crippen LogP contribution < -0.4 is 19.2 Å². The number of allylic oxidation sites excluding steroid dienone is 3. The highest BCUT2D eigenvalue weighted by atomic mass is 32.2. The summed E-state index contributed by atoms with van der Waals surface area (Å²) in [6.07, 6.45) is 4.06. The molecule has 7 rings (SSSR count). The third-order valence-electron chi connectivity index (χ3n) is 10.0. The zero-order valence-electron chi connectivity index (χ0n) is 30.1. The number of nitro groups is 1. The molecule has 278 valence electrons. The molecule has 1 aromatic heterocycles. The summed E-state index contributed by atoms with van der Waals surface area (Å²) in [4.78, 5) is 17.1. The number of nitrogens with zero attached hydrogens (tertiary/aromatic N) is 4. The SMILES string of the molecule is Cc1c(-c2cccc(N3CCN(c4ccc(NS(=O)c5ccc(NSC6=CCC(F)C=C6)c([N+](=O)[O-])c5)cc4)CC3)c2)c(-c2ccc(F)cc2)n(C)c1C. The van der Waals surface area contributed by atoms with E-state index >= 15 is 0 Å². The van der Waals surface area contributed by atoms with E-state index in [0.29, 0.717) is 5.69 Å². The van der Waals surface area contributed by atoms with E-state index in [4.69, 9.17) is 0 Å². The lowest BCUT2D eigenvalue weighted by atomic mass is 9.97. The number of halogens is 2. The van der Waals surface area contributed by atoms with Gasteiger partial charge in [0.15, 0.2) is 11.0 Å². The average Bonchev–Trinajstić information content (AvgIpc) is 3.42. The molecule has 0 spiro atoms. The van der Waals surface area contributed by atoms with Crippen LogP contribution in [0.5, 0.6) is 0 Å². The van der Waals surface area contributed by atoms with Gasteiger partial charge in [-0.3, -0.25) is 10.1 Å². The summed E-state index contributed by atoms with van der Waals surface area (Å²) in [6.45, 7) is 7.56. The van der Waals surface area contributed by atoms with Crippen LogP contribution in [-0.2, 0) is 18.0 Å². The van der Waals surface area contributed by atoms with Crippen molar-refractivity contribution in [2.24, 2.45) is 7.05 Å². The fourth-order valence-electron chi connectivity index (χ4n) is 6.86. The zero-order chi connectivity index (χ0) is 37.9. The first-order chi connectivity index (χ1) is 26.0. The molecule has 1 aliphatic carbocycles. The molecule has 2 aliphatic rings. The zero-order valence-corrected chi connectivity index (χ0v) is 31.7. The second-order valence-electron chi connectivity index (χ2n) is 13.3. The van der Waals surface area contributed by atoms with E-state index in [1.807, 2.05) is 36.4 Å². The Labute approximate surface area is 320 Å². The van der Waals surface area contributed by atoms with Gasteiger partial charge < -0.3 is 23.8 Å². The normalized spacial score (nSPS) is 16.2. The smallest absolute Gasteiger partial charge is 0.294 e. The van der Waals surface area contributed by atoms with E-state index in [2.05, 4.69) is 69.0 Å². The number of rotatable bonds is 11. The molecule has 1 saturated heterocycles. The Balaban J connectivity index is 0.978. The third kappa shape index (κ3) is 7.92. The van der Waals surface area contributed by atoms with E-state index in [0.717, 1.165) is 76.8 Å². The first-order valence-corrected chi connectivity index (χ1v) is 19.6. The fraction of sp³-hybridized carbons (Fsp3) is 0.220. The highest BCUT2D eigenvalue weighted by Crippen LogP contribution is 2.40. The van der Waals surface area contributed by atoms with Crippen molar-refractivity contribution >= 4 is 51.4 Å². The van der Waals surface area contributed by atoms with E-state index < -0.39 is 22.1 Å². The molecule has 2 unspecified atom stereocenters. The maximum Gasteiger partial charge on any atom is 0.294 e. The Morgan fingerprint density at radius 3 is 2.26 bits per heavy atom. The maximum atomic E-state index is 13.8. The van der Waals surface area contributed by atoms with E-state index in [1.165, 1.54) is 41.6 Å². The molecular weight excluding hydrogens is 727 g/mol. The predicted molar refractivity (Wildman–Crippen MR) is 218 cm³/mol. The summed E-state index contributed by atoms with van der Waals surface area (Å²) in [5.41, 5.74) is 9.58. The van der Waals surface area contributed by atoms with Crippen molar-refractivity contribution in [3.05, 3.63) is 141 Å². The van der Waals surface area contributed by atoms with Crippen LogP contribution in [0, 0.1) is 29.8 Å². The quantitative estimate of drug-likeness (QED) is 0.0786. The Kier molecular flexibility index (Phi) is 10.9. The summed E-state index contributed by atoms with van der Waals surface area (Å²) in [7, 11) is 0.317. The van der Waals surface area contributed by atoms with Crippen LogP contribution in [0.3, 0.4) is 0 Å². The molecule has 1 fully saturated rings. The second-order valence-corrected chi connectivity index (χ2v) is 15.4. The molecule has 2 heterocycles. The second kappa shape index (κ2) is 15.9. The Morgan fingerprint density at radius 2 is 1.59 bits per heavy atom. The third-order valence-corrected chi connectivity index (χ3v) is 12.0. The highest BCUT2D eigenvalue weighted by Gasteiger charge is 2.23. The minimum absolute atomic E-state index is 0.208. The summed E-state index contributed by atoms with van der Waals surface area (Å²) >= 11 is 1.16. The van der Waals surface area contributed by atoms with Crippen molar-refractivity contribution in [1.29, 1.82) is 0 Å². The van der Waals surface area contributed by atoms with Gasteiger partial charge >= 0.3 is 0 Å². The minimum Gasteiger partial charge on any atom is -0.368 e. The van der Waals surface area contributed by atoms with Gasteiger partial charge in [-0.2, -0.15) is 0 Å². The summed E-state index contributed by atoms with van der Waals surface area (Å²) in [5.74, 6) is -0.253. The van der Waals surface area contributed by atoms with Crippen molar-refractivity contribution in [2.45, 2.75) is 31.3 Å². The van der Waals surface area contributed by atoms with Crippen LogP contribution >= 0.6 is 11.9 Å². The van der Waals surface area contributed by atoms with E-state index in [1.54, 1.807) is 18.2 Å². The highest BCUT2D eigenvalue weighted by molar-refractivity contribution is 8.04. The number of hydrogen-bond acceptors (Lipinski definition) is 7. The minimum atomic E-state index is -1.74. The number of aromatic nitrogens is 1. The van der Waals surface area contributed by atoms with Gasteiger partial charge in [-0.1, -0.05) is 18.2 Å². The molecule has 13 heteroatoms. The molecule has 0 bridgehead atoms. The largest absolute Gasteiger partial charge is 0.368 e. The van der Waals surface area contributed by atoms with Crippen LogP contribution in [0.1, 0.15) is 17.7 Å². The first kappa shape index (κ1) is 36.9. The number of nitro benzene ring substituents is 1. The maximum absolute atomic E-state index is 13.8. The molecule has 0 amide bonds. The van der Waals surface area contributed by atoms with E-state index in [-0.39, 0.29) is 28.5 Å². The number of hydrogen-bond donors (Lipinski definition) is 2. The molecule has 2 atom stereocenters. The molecular formula is C41H40F2N6O3S2. The first-order valence-electron chi connectivity index (χ1n) is 17.6. The van der Waals surface area contributed by atoms with Gasteiger partial charge in [-0.15, -0.1) is 0 Å². The van der Waals surface area contributed by atoms with Crippen LogP contribution in [0.4, 0.5) is 37.2 Å². The fourth-order valence-corrected chi connectivity index (χ4v) is 8.46. The Bertz CT molecular complexity index is 2270. The molecule has 4 aromatic carbocycles. The van der Waals surface area contributed by atoms with Crippen LogP contribution in [0.2, 0.25) is 0 Å². The molecule has 9 nitrogen and oxygen atoms in total. The Hall–Kier alpha value is -5.40. The van der Waals surface area contributed by atoms with Gasteiger partial charge in [0, 0.05) is 78.9 Å². The molecule has 5 aromatic rings. The van der Waals surface area contributed by atoms with Crippen LogP contribution in [0.15, 0.2) is 119 Å². The summed E-state index contributed by atoms with van der Waals surface area (Å²) < 4.78 is 48.5. The van der Waals surface area contributed by atoms with Crippen molar-refractivity contribution in [3.8, 4) is 22.4 Å². The predicted octanol–water partition coefficient (Wildman–Crippen LogP) is 9.73. The average molecular weight is 767 g/mol. The monoisotopic (exact) mass is 766 g/mol. The standard InChI is InChI=1S/C41H40F2N6O3S2/c1-27-28(2)46(3)41(29-7-9-31(42)10-8-29)40(27)30-5-4-6-35(25-30)48-23-21-47(22-24-48)34-15-13-33(14-16-34)45-54(52)37-19-20-38(39(26-37)49(50)51)44-53-36-17-11-32(43)12-18-36/h4-11,13-20,25-26,32,44-45H,12,21-24H2,1-3H3. The summed E-state index contributed by atoms with van der Waals surface area (Å²) in [6, 6.07) is 27.4. The van der Waals surface area contributed by atoms with Gasteiger partial charge in [0.2, 0.25) is 0 Å². The molecule has 2 N–H and O–H groups in total. The van der Waals surface area contributed by atoms with Gasteiger partial charge in [0.1, 0.15) is 17.7 Å². The number of alkyl halides is 1. The van der Waals surface area contributed by atoms with Gasteiger partial charge in [-0.05, 0) is 127 Å². The lowest BCUT2D eigenvalue weighted by molar-refractivity contribution is -0.384. The van der Waals surface area contributed by atoms with E-state index in [9.17, 15) is 23.1 Å². The number of benzene rings is 4. The van der Waals surface area contributed by atoms with Gasteiger partial charge in [0.05, 0.1) is 15.5 Å². The summed E-state index contributed by atoms with van der Waals surface area (Å²) in [5, 5.41) is 11.8. The molecule has 0 saturated carbocycles. The van der Waals surface area contributed by atoms with Crippen molar-refractivity contribution in [1.82, 2.24) is 4.57 Å². The number of nitrogens with one attached hydrogen (secondary N) is 2. The van der Waals surface area contributed by atoms with Crippen LogP contribution in [0.25, 0.3) is 22.4 Å². The molecule has 54 heavy (non-hydrogen) atoms. The number of anilines is 4. The van der Waals surface area contributed by atoms with Gasteiger partial charge in [-0.25, -0.2) is 13.0 Å². The van der Waals surface area contributed by atoms with Gasteiger partial charge in [0.25, 0.3) is 5.69 Å². The lowest BCUT2D eigenvalue weighted by Crippen LogP contribution is -2.46. The van der Waals surface area contributed by atoms with Crippen molar-refractivity contribution in [2.75, 3.05) is 45.4 Å². The lowest BCUT2D eigenvalue weighted by Gasteiger charge is -2.37. The Morgan fingerprint density at radius 1 is 0.889 bits per heavy atom. The molecule has 1 aliphatic heterocycles. The topological polar surface area (TPSA) is 95.7 Å². The van der Waals surface area contributed by atoms with Crippen molar-refractivity contribution < 1.29 is 17.9 Å².